The van der Waals surface area contributed by atoms with Gasteiger partial charge >= 0.3 is 0 Å². The van der Waals surface area contributed by atoms with Crippen LogP contribution in [0.5, 0.6) is 0 Å². The number of hydrogen-bond acceptors (Lipinski definition) is 4. The Kier molecular flexibility index (Phi) is 6.83. The van der Waals surface area contributed by atoms with Crippen LogP contribution in [0.3, 0.4) is 0 Å². The Morgan fingerprint density at radius 2 is 1.75 bits per heavy atom. The van der Waals surface area contributed by atoms with Crippen LogP contribution in [0.15, 0.2) is 41.3 Å². The SMILES string of the molecule is CCN(CC)S(=O)(=O)c1ccc([C@H](C)NCc2ccc(Cl)s2)cc1. The summed E-state index contributed by atoms with van der Waals surface area (Å²) in [5.41, 5.74) is 1.05. The first kappa shape index (κ1) is 19.4. The van der Waals surface area contributed by atoms with E-state index in [2.05, 4.69) is 12.2 Å². The van der Waals surface area contributed by atoms with Crippen molar-refractivity contribution in [2.24, 2.45) is 0 Å². The van der Waals surface area contributed by atoms with Crippen molar-refractivity contribution in [2.75, 3.05) is 13.1 Å². The lowest BCUT2D eigenvalue weighted by atomic mass is 10.1. The summed E-state index contributed by atoms with van der Waals surface area (Å²) in [4.78, 5) is 1.51. The molecule has 1 atom stereocenters. The fraction of sp³-hybridized carbons (Fsp3) is 0.412. The van der Waals surface area contributed by atoms with Crippen molar-refractivity contribution < 1.29 is 8.42 Å². The van der Waals surface area contributed by atoms with Gasteiger partial charge < -0.3 is 5.32 Å². The molecule has 1 aromatic heterocycles. The minimum atomic E-state index is -3.40. The molecular formula is C17H23ClN2O2S2. The van der Waals surface area contributed by atoms with Crippen LogP contribution in [-0.2, 0) is 16.6 Å². The molecule has 0 aliphatic carbocycles. The monoisotopic (exact) mass is 386 g/mol. The van der Waals surface area contributed by atoms with Crippen LogP contribution >= 0.6 is 22.9 Å². The molecule has 1 N–H and O–H groups in total. The maximum Gasteiger partial charge on any atom is 0.243 e. The maximum absolute atomic E-state index is 12.5. The van der Waals surface area contributed by atoms with E-state index in [0.29, 0.717) is 18.0 Å². The van der Waals surface area contributed by atoms with Crippen molar-refractivity contribution in [1.82, 2.24) is 9.62 Å². The van der Waals surface area contributed by atoms with E-state index in [9.17, 15) is 8.42 Å². The average Bonchev–Trinajstić information content (AvgIpc) is 2.99. The number of rotatable bonds is 8. The second-order valence-electron chi connectivity index (χ2n) is 5.47. The molecule has 0 amide bonds. The van der Waals surface area contributed by atoms with E-state index < -0.39 is 10.0 Å². The normalized spacial score (nSPS) is 13.4. The number of thiophene rings is 1. The molecule has 0 radical (unpaired) electrons. The van der Waals surface area contributed by atoms with Gasteiger partial charge in [0.05, 0.1) is 9.23 Å². The van der Waals surface area contributed by atoms with Gasteiger partial charge in [-0.1, -0.05) is 37.6 Å². The Balaban J connectivity index is 2.05. The molecule has 1 heterocycles. The van der Waals surface area contributed by atoms with E-state index in [4.69, 9.17) is 11.6 Å². The third-order valence-corrected chi connectivity index (χ3v) is 7.23. The quantitative estimate of drug-likeness (QED) is 0.736. The Morgan fingerprint density at radius 1 is 1.12 bits per heavy atom. The van der Waals surface area contributed by atoms with Crippen LogP contribution in [0.1, 0.15) is 37.3 Å². The maximum atomic E-state index is 12.5. The molecule has 0 aliphatic heterocycles. The van der Waals surface area contributed by atoms with Crippen molar-refractivity contribution in [3.05, 3.63) is 51.2 Å². The molecule has 0 bridgehead atoms. The second-order valence-corrected chi connectivity index (χ2v) is 9.20. The topological polar surface area (TPSA) is 49.4 Å². The number of hydrogen-bond donors (Lipinski definition) is 1. The molecule has 0 unspecified atom stereocenters. The number of nitrogens with zero attached hydrogens (tertiary/aromatic N) is 1. The van der Waals surface area contributed by atoms with Crippen LogP contribution < -0.4 is 5.32 Å². The van der Waals surface area contributed by atoms with E-state index in [1.54, 1.807) is 23.5 Å². The number of nitrogens with one attached hydrogen (secondary N) is 1. The summed E-state index contributed by atoms with van der Waals surface area (Å²) >= 11 is 7.49. The summed E-state index contributed by atoms with van der Waals surface area (Å²) in [6.45, 7) is 7.43. The molecule has 1 aromatic carbocycles. The third kappa shape index (κ3) is 4.58. The van der Waals surface area contributed by atoms with Gasteiger partial charge in [-0.25, -0.2) is 8.42 Å². The van der Waals surface area contributed by atoms with Gasteiger partial charge in [0.2, 0.25) is 10.0 Å². The van der Waals surface area contributed by atoms with E-state index in [0.717, 1.165) is 16.4 Å². The van der Waals surface area contributed by atoms with E-state index in [1.165, 1.54) is 9.18 Å². The van der Waals surface area contributed by atoms with E-state index in [-0.39, 0.29) is 6.04 Å². The zero-order valence-corrected chi connectivity index (χ0v) is 16.5. The van der Waals surface area contributed by atoms with Crippen molar-refractivity contribution in [1.29, 1.82) is 0 Å². The summed E-state index contributed by atoms with van der Waals surface area (Å²) in [5.74, 6) is 0. The van der Waals surface area contributed by atoms with Gasteiger partial charge in [0.25, 0.3) is 0 Å². The first-order valence-corrected chi connectivity index (χ1v) is 10.6. The van der Waals surface area contributed by atoms with Gasteiger partial charge in [0.1, 0.15) is 0 Å². The zero-order chi connectivity index (χ0) is 17.7. The molecule has 0 saturated heterocycles. The standard InChI is InChI=1S/C17H23ClN2O2S2/c1-4-20(5-2)24(21,22)16-9-6-14(7-10-16)13(3)19-12-15-8-11-17(18)23-15/h6-11,13,19H,4-5,12H2,1-3H3/t13-/m0/s1. The lowest BCUT2D eigenvalue weighted by molar-refractivity contribution is 0.445. The van der Waals surface area contributed by atoms with Crippen LogP contribution in [0, 0.1) is 0 Å². The fourth-order valence-electron chi connectivity index (χ4n) is 2.46. The van der Waals surface area contributed by atoms with Gasteiger partial charge in [0, 0.05) is 30.6 Å². The molecule has 24 heavy (non-hydrogen) atoms. The number of sulfonamides is 1. The van der Waals surface area contributed by atoms with E-state index >= 15 is 0 Å². The predicted octanol–water partition coefficient (Wildman–Crippen LogP) is 4.28. The lowest BCUT2D eigenvalue weighted by Crippen LogP contribution is -2.30. The summed E-state index contributed by atoms with van der Waals surface area (Å²) in [5, 5.41) is 3.42. The van der Waals surface area contributed by atoms with Crippen molar-refractivity contribution in [3.8, 4) is 0 Å². The minimum Gasteiger partial charge on any atom is -0.305 e. The second kappa shape index (κ2) is 8.45. The van der Waals surface area contributed by atoms with Gasteiger partial charge in [-0.15, -0.1) is 11.3 Å². The van der Waals surface area contributed by atoms with Crippen molar-refractivity contribution in [2.45, 2.75) is 38.3 Å². The molecule has 0 spiro atoms. The van der Waals surface area contributed by atoms with Gasteiger partial charge in [0.15, 0.2) is 0 Å². The number of benzene rings is 1. The molecule has 4 nitrogen and oxygen atoms in total. The van der Waals surface area contributed by atoms with Crippen LogP contribution in [0.2, 0.25) is 4.34 Å². The molecule has 0 fully saturated rings. The lowest BCUT2D eigenvalue weighted by Gasteiger charge is -2.19. The molecule has 7 heteroatoms. The molecular weight excluding hydrogens is 364 g/mol. The summed E-state index contributed by atoms with van der Waals surface area (Å²) in [7, 11) is -3.40. The predicted molar refractivity (Wildman–Crippen MR) is 101 cm³/mol. The Labute approximate surface area is 153 Å². The first-order chi connectivity index (χ1) is 11.4. The zero-order valence-electron chi connectivity index (χ0n) is 14.1. The summed E-state index contributed by atoms with van der Waals surface area (Å²) in [6, 6.07) is 11.1. The first-order valence-electron chi connectivity index (χ1n) is 7.96. The van der Waals surface area contributed by atoms with Gasteiger partial charge in [-0.05, 0) is 36.8 Å². The highest BCUT2D eigenvalue weighted by molar-refractivity contribution is 7.89. The number of halogens is 1. The molecule has 2 rings (SSSR count). The molecule has 0 saturated carbocycles. The summed E-state index contributed by atoms with van der Waals surface area (Å²) < 4.78 is 27.2. The molecule has 0 aliphatic rings. The van der Waals surface area contributed by atoms with Gasteiger partial charge in [-0.3, -0.25) is 0 Å². The Bertz CT molecular complexity index is 753. The molecule has 2 aromatic rings. The highest BCUT2D eigenvalue weighted by Gasteiger charge is 2.21. The van der Waals surface area contributed by atoms with Gasteiger partial charge in [-0.2, -0.15) is 4.31 Å². The molecule has 132 valence electrons. The largest absolute Gasteiger partial charge is 0.305 e. The van der Waals surface area contributed by atoms with Crippen LogP contribution in [0.4, 0.5) is 0 Å². The van der Waals surface area contributed by atoms with Crippen molar-refractivity contribution >= 4 is 33.0 Å². The highest BCUT2D eigenvalue weighted by Crippen LogP contribution is 2.23. The van der Waals surface area contributed by atoms with E-state index in [1.807, 2.05) is 38.1 Å². The fourth-order valence-corrected chi connectivity index (χ4v) is 4.96. The average molecular weight is 387 g/mol. The smallest absolute Gasteiger partial charge is 0.243 e. The third-order valence-electron chi connectivity index (χ3n) is 3.93. The Hall–Kier alpha value is -0.920. The van der Waals surface area contributed by atoms with Crippen molar-refractivity contribution in [3.63, 3.8) is 0 Å². The van der Waals surface area contributed by atoms with Crippen LogP contribution in [0.25, 0.3) is 0 Å². The highest BCUT2D eigenvalue weighted by atomic mass is 35.5. The Morgan fingerprint density at radius 3 is 2.25 bits per heavy atom. The van der Waals surface area contributed by atoms with Crippen LogP contribution in [-0.4, -0.2) is 25.8 Å². The summed E-state index contributed by atoms with van der Waals surface area (Å²) in [6.07, 6.45) is 0. The minimum absolute atomic E-state index is 0.121.